The first-order chi connectivity index (χ1) is 17.6. The van der Waals surface area contributed by atoms with E-state index in [1.165, 1.54) is 12.2 Å². The second-order valence-corrected chi connectivity index (χ2v) is 10.9. The van der Waals surface area contributed by atoms with Crippen LogP contribution in [0.4, 0.5) is 0 Å². The highest BCUT2D eigenvalue weighted by molar-refractivity contribution is 6.27. The Hall–Kier alpha value is -2.97. The van der Waals surface area contributed by atoms with Gasteiger partial charge in [0.25, 0.3) is 5.91 Å². The van der Waals surface area contributed by atoms with E-state index in [0.29, 0.717) is 31.7 Å². The number of hydrogen-bond donors (Lipinski definition) is 5. The summed E-state index contributed by atoms with van der Waals surface area (Å²) in [5.74, 6) is -0.676. The van der Waals surface area contributed by atoms with Gasteiger partial charge in [-0.05, 0) is 74.7 Å². The van der Waals surface area contributed by atoms with E-state index in [-0.39, 0.29) is 40.9 Å². The normalized spacial score (nSPS) is 43.2. The minimum atomic E-state index is -1.10. The Morgan fingerprint density at radius 3 is 2.62 bits per heavy atom. The highest BCUT2D eigenvalue weighted by atomic mass is 16.3. The Kier molecular flexibility index (Phi) is 8.19. The Balaban J connectivity index is 1.58. The summed E-state index contributed by atoms with van der Waals surface area (Å²) >= 11 is 0. The smallest absolute Gasteiger partial charge is 0.259 e. The van der Waals surface area contributed by atoms with Crippen LogP contribution in [0.1, 0.15) is 46.0 Å². The maximum Gasteiger partial charge on any atom is 0.259 e. The molecule has 5 N–H and O–H groups in total. The van der Waals surface area contributed by atoms with E-state index in [2.05, 4.69) is 16.7 Å². The second-order valence-electron chi connectivity index (χ2n) is 10.9. The van der Waals surface area contributed by atoms with Crippen molar-refractivity contribution in [3.05, 3.63) is 59.9 Å². The van der Waals surface area contributed by atoms with Gasteiger partial charge in [0.15, 0.2) is 5.78 Å². The number of ketones is 1. The molecule has 2 heterocycles. The summed E-state index contributed by atoms with van der Waals surface area (Å²) in [4.78, 5) is 37.1. The van der Waals surface area contributed by atoms with Crippen molar-refractivity contribution in [1.82, 2.24) is 10.6 Å². The molecule has 8 nitrogen and oxygen atoms in total. The van der Waals surface area contributed by atoms with Crippen LogP contribution < -0.4 is 10.6 Å². The summed E-state index contributed by atoms with van der Waals surface area (Å²) in [6, 6.07) is -0.713. The van der Waals surface area contributed by atoms with Crippen molar-refractivity contribution < 1.29 is 29.7 Å². The summed E-state index contributed by atoms with van der Waals surface area (Å²) in [5.41, 5.74) is -1.34. The van der Waals surface area contributed by atoms with E-state index < -0.39 is 29.4 Å². The molecule has 8 heteroatoms. The molecule has 4 aliphatic rings. The van der Waals surface area contributed by atoms with Crippen molar-refractivity contribution in [2.45, 2.75) is 63.7 Å². The lowest BCUT2D eigenvalue weighted by Gasteiger charge is -2.35. The molecule has 2 aliphatic heterocycles. The first kappa shape index (κ1) is 27.1. The van der Waals surface area contributed by atoms with Crippen LogP contribution in [0.2, 0.25) is 0 Å². The van der Waals surface area contributed by atoms with Gasteiger partial charge in [0.05, 0.1) is 17.7 Å². The largest absolute Gasteiger partial charge is 0.507 e. The minimum absolute atomic E-state index is 0.0645. The Morgan fingerprint density at radius 2 is 1.86 bits per heavy atom. The Morgan fingerprint density at radius 1 is 1.11 bits per heavy atom. The molecule has 2 bridgehead atoms. The van der Waals surface area contributed by atoms with Crippen LogP contribution in [0.5, 0.6) is 0 Å². The molecule has 0 aromatic heterocycles. The van der Waals surface area contributed by atoms with Crippen LogP contribution in [0.3, 0.4) is 0 Å². The quantitative estimate of drug-likeness (QED) is 0.344. The highest BCUT2D eigenvalue weighted by Crippen LogP contribution is 2.59. The van der Waals surface area contributed by atoms with E-state index in [9.17, 15) is 29.7 Å². The van der Waals surface area contributed by atoms with Crippen molar-refractivity contribution in [1.29, 1.82) is 0 Å². The van der Waals surface area contributed by atoms with Gasteiger partial charge in [0.2, 0.25) is 5.91 Å². The zero-order valence-electron chi connectivity index (χ0n) is 21.5. The van der Waals surface area contributed by atoms with Crippen LogP contribution >= 0.6 is 0 Å². The molecule has 0 spiro atoms. The maximum atomic E-state index is 12.6. The molecular formula is C29H38N2O6. The zero-order chi connectivity index (χ0) is 26.7. The van der Waals surface area contributed by atoms with Gasteiger partial charge in [-0.25, -0.2) is 0 Å². The van der Waals surface area contributed by atoms with Gasteiger partial charge < -0.3 is 26.0 Å². The summed E-state index contributed by atoms with van der Waals surface area (Å²) in [5, 5.41) is 37.3. The average molecular weight is 511 g/mol. The van der Waals surface area contributed by atoms with Gasteiger partial charge in [0, 0.05) is 12.6 Å². The summed E-state index contributed by atoms with van der Waals surface area (Å²) in [6.07, 6.45) is 16.3. The Labute approximate surface area is 217 Å². The minimum Gasteiger partial charge on any atom is -0.507 e. The number of aliphatic hydroxyl groups is 3. The van der Waals surface area contributed by atoms with Crippen molar-refractivity contribution in [2.75, 3.05) is 6.54 Å². The molecule has 0 unspecified atom stereocenters. The zero-order valence-corrected chi connectivity index (χ0v) is 21.5. The molecule has 2 amide bonds. The number of hydrogen-bond acceptors (Lipinski definition) is 6. The summed E-state index contributed by atoms with van der Waals surface area (Å²) in [6.45, 7) is 4.04. The molecular weight excluding hydrogens is 472 g/mol. The lowest BCUT2D eigenvalue weighted by Crippen LogP contribution is -2.45. The molecule has 2 saturated carbocycles. The molecule has 0 radical (unpaired) electrons. The molecule has 0 aromatic carbocycles. The number of carbonyl (C=O) groups excluding carboxylic acids is 3. The number of carbonyl (C=O) groups is 3. The monoisotopic (exact) mass is 510 g/mol. The first-order valence-electron chi connectivity index (χ1n) is 13.3. The SMILES string of the molecule is C[C@@H](O)[C@]1(O)C[C@H]2C[C@H]3/C=C\C=C/C(=O)NCCC[C@@H]4NC(=O)/C(=C(O)/C=C\C=C/C[C@@H]3[C@H]2[C@@H]1C)C4=O. The fourth-order valence-corrected chi connectivity index (χ4v) is 6.86. The van der Waals surface area contributed by atoms with Crippen molar-refractivity contribution in [3.8, 4) is 0 Å². The number of Topliss-reactive ketones (excluding diaryl/α,β-unsaturated/α-hetero) is 1. The molecule has 2 aliphatic carbocycles. The number of nitrogens with one attached hydrogen (secondary N) is 2. The van der Waals surface area contributed by atoms with Gasteiger partial charge in [-0.2, -0.15) is 0 Å². The van der Waals surface area contributed by atoms with Crippen molar-refractivity contribution in [3.63, 3.8) is 0 Å². The third-order valence-corrected chi connectivity index (χ3v) is 8.79. The van der Waals surface area contributed by atoms with E-state index in [0.717, 1.165) is 12.8 Å². The van der Waals surface area contributed by atoms with Crippen LogP contribution in [0.25, 0.3) is 0 Å². The average Bonchev–Trinajstić information content (AvgIpc) is 3.41. The van der Waals surface area contributed by atoms with E-state index >= 15 is 0 Å². The fraction of sp³-hybridized carbons (Fsp3) is 0.552. The van der Waals surface area contributed by atoms with E-state index in [4.69, 9.17) is 0 Å². The van der Waals surface area contributed by atoms with Crippen LogP contribution in [0, 0.1) is 29.6 Å². The number of aliphatic hydroxyl groups excluding tert-OH is 2. The number of rotatable bonds is 1. The van der Waals surface area contributed by atoms with E-state index in [1.54, 1.807) is 25.2 Å². The molecule has 1 saturated heterocycles. The van der Waals surface area contributed by atoms with Crippen molar-refractivity contribution >= 4 is 17.6 Å². The standard InChI is InChI=1S/C29H38N2O6/c1-17-25-20(16-29(17,37)18(2)32)15-19-9-6-7-13-24(34)30-14-8-11-22-27(35)26(28(36)31-22)23(33)12-5-3-4-10-21(19)25/h3-7,9,12-13,17-22,25,32-33,37H,8,10-11,14-16H2,1-2H3,(H,30,34)(H,31,36)/b4-3-,9-6-,12-5-,13-7-,26-23-/t17-,18+,19+,20+,21-,22-,25-,29-/m0/s1. The van der Waals surface area contributed by atoms with Gasteiger partial charge in [-0.15, -0.1) is 0 Å². The molecule has 37 heavy (non-hydrogen) atoms. The molecule has 8 atom stereocenters. The lowest BCUT2D eigenvalue weighted by molar-refractivity contribution is -0.118. The molecule has 200 valence electrons. The molecule has 3 fully saturated rings. The first-order valence-corrected chi connectivity index (χ1v) is 13.3. The third-order valence-electron chi connectivity index (χ3n) is 8.79. The number of fused-ring (bicyclic) bond motifs is 5. The number of amides is 2. The van der Waals surface area contributed by atoms with Crippen molar-refractivity contribution in [2.24, 2.45) is 29.6 Å². The predicted octanol–water partition coefficient (Wildman–Crippen LogP) is 2.41. The van der Waals surface area contributed by atoms with Gasteiger partial charge in [-0.3, -0.25) is 14.4 Å². The van der Waals surface area contributed by atoms with Crippen LogP contribution in [-0.4, -0.2) is 57.2 Å². The second kappa shape index (κ2) is 11.2. The fourth-order valence-electron chi connectivity index (χ4n) is 6.86. The lowest BCUT2D eigenvalue weighted by atomic mass is 9.75. The predicted molar refractivity (Wildman–Crippen MR) is 139 cm³/mol. The topological polar surface area (TPSA) is 136 Å². The van der Waals surface area contributed by atoms with Gasteiger partial charge >= 0.3 is 0 Å². The Bertz CT molecular complexity index is 1070. The number of allylic oxidation sites excluding steroid dienone is 7. The van der Waals surface area contributed by atoms with E-state index in [1.807, 2.05) is 19.1 Å². The summed E-state index contributed by atoms with van der Waals surface area (Å²) in [7, 11) is 0. The molecule has 4 rings (SSSR count). The van der Waals surface area contributed by atoms with Gasteiger partial charge in [-0.1, -0.05) is 43.4 Å². The van der Waals surface area contributed by atoms with Gasteiger partial charge in [0.1, 0.15) is 11.3 Å². The summed E-state index contributed by atoms with van der Waals surface area (Å²) < 4.78 is 0. The third kappa shape index (κ3) is 5.50. The highest BCUT2D eigenvalue weighted by Gasteiger charge is 2.58. The van der Waals surface area contributed by atoms with Crippen LogP contribution in [0.15, 0.2) is 59.9 Å². The molecule has 0 aromatic rings. The van der Waals surface area contributed by atoms with Crippen LogP contribution in [-0.2, 0) is 14.4 Å². The maximum absolute atomic E-state index is 12.6.